The smallest absolute Gasteiger partial charge is 0.454 e. The Bertz CT molecular complexity index is 871. The highest BCUT2D eigenvalue weighted by molar-refractivity contribution is 7.47. The molecular formula is C30H51NO8P+. The Morgan fingerprint density at radius 2 is 1.35 bits per heavy atom. The van der Waals surface area contributed by atoms with Gasteiger partial charge in [0.25, 0.3) is 0 Å². The van der Waals surface area contributed by atoms with Crippen LogP contribution in [0.4, 0.5) is 0 Å². The van der Waals surface area contributed by atoms with Gasteiger partial charge in [0, 0.05) is 6.08 Å². The number of hydrogen-bond acceptors (Lipinski definition) is 7. The van der Waals surface area contributed by atoms with Crippen LogP contribution in [0.25, 0.3) is 0 Å². The lowest BCUT2D eigenvalue weighted by Crippen LogP contribution is -2.37. The molecular weight excluding hydrogens is 533 g/mol. The van der Waals surface area contributed by atoms with Crippen LogP contribution in [0, 0.1) is 0 Å². The zero-order valence-corrected chi connectivity index (χ0v) is 25.6. The summed E-state index contributed by atoms with van der Waals surface area (Å²) in [5.74, 6) is -0.733. The number of phosphoric ester groups is 1. The van der Waals surface area contributed by atoms with Gasteiger partial charge in [0.15, 0.2) is 6.10 Å². The number of quaternary nitrogens is 1. The van der Waals surface area contributed by atoms with Gasteiger partial charge in [-0.25, -0.2) is 14.2 Å². The highest BCUT2D eigenvalue weighted by atomic mass is 31.2. The highest BCUT2D eigenvalue weighted by Crippen LogP contribution is 2.43. The largest absolute Gasteiger partial charge is 0.472 e. The lowest BCUT2D eigenvalue weighted by atomic mass is 10.1. The Morgan fingerprint density at radius 1 is 0.800 bits per heavy atom. The first-order valence-corrected chi connectivity index (χ1v) is 15.5. The van der Waals surface area contributed by atoms with E-state index in [-0.39, 0.29) is 6.61 Å². The highest BCUT2D eigenvalue weighted by Gasteiger charge is 2.26. The number of nitrogens with zero attached hydrogens (tertiary/aromatic N) is 1. The van der Waals surface area contributed by atoms with Crippen molar-refractivity contribution in [1.29, 1.82) is 0 Å². The third-order valence-electron chi connectivity index (χ3n) is 5.33. The molecule has 0 saturated carbocycles. The second kappa shape index (κ2) is 24.7. The summed E-state index contributed by atoms with van der Waals surface area (Å²) in [5.41, 5.74) is 0. The summed E-state index contributed by atoms with van der Waals surface area (Å²) in [6.07, 6.45) is 31.1. The summed E-state index contributed by atoms with van der Waals surface area (Å²) < 4.78 is 27.4. The fraction of sp³-hybridized carbons (Fsp3) is 0.567. The Balaban J connectivity index is 4.21. The van der Waals surface area contributed by atoms with Gasteiger partial charge in [-0.05, 0) is 12.8 Å². The van der Waals surface area contributed by atoms with Crippen LogP contribution in [0.3, 0.4) is 0 Å². The number of esters is 1. The Morgan fingerprint density at radius 3 is 1.93 bits per heavy atom. The van der Waals surface area contributed by atoms with Crippen LogP contribution in [0.2, 0.25) is 0 Å². The van der Waals surface area contributed by atoms with Crippen LogP contribution in [-0.4, -0.2) is 74.2 Å². The molecule has 0 aromatic rings. The second-order valence-corrected chi connectivity index (χ2v) is 11.7. The summed E-state index contributed by atoms with van der Waals surface area (Å²) in [5, 5.41) is 8.69. The topological polar surface area (TPSA) is 112 Å². The lowest BCUT2D eigenvalue weighted by Gasteiger charge is -2.24. The normalized spacial score (nSPS) is 15.4. The minimum absolute atomic E-state index is 0.00495. The molecule has 228 valence electrons. The average Bonchev–Trinajstić information content (AvgIpc) is 2.88. The lowest BCUT2D eigenvalue weighted by molar-refractivity contribution is -0.870. The molecule has 0 rings (SSSR count). The number of rotatable bonds is 24. The van der Waals surface area contributed by atoms with Crippen molar-refractivity contribution in [1.82, 2.24) is 0 Å². The molecule has 0 radical (unpaired) electrons. The minimum Gasteiger partial charge on any atom is -0.454 e. The van der Waals surface area contributed by atoms with Crippen molar-refractivity contribution in [3.8, 4) is 0 Å². The predicted octanol–water partition coefficient (Wildman–Crippen LogP) is 6.71. The van der Waals surface area contributed by atoms with Gasteiger partial charge in [-0.15, -0.1) is 0 Å². The Labute approximate surface area is 241 Å². The maximum atomic E-state index is 12.0. The van der Waals surface area contributed by atoms with Gasteiger partial charge in [-0.1, -0.05) is 112 Å². The van der Waals surface area contributed by atoms with Crippen LogP contribution in [-0.2, 0) is 28.0 Å². The van der Waals surface area contributed by atoms with E-state index in [2.05, 4.69) is 24.0 Å². The van der Waals surface area contributed by atoms with E-state index in [0.29, 0.717) is 11.0 Å². The van der Waals surface area contributed by atoms with Gasteiger partial charge in [-0.3, -0.25) is 14.3 Å². The number of unbranched alkanes of at least 4 members (excludes halogenated alkanes) is 7. The molecule has 40 heavy (non-hydrogen) atoms. The van der Waals surface area contributed by atoms with Gasteiger partial charge in [0.05, 0.1) is 27.7 Å². The summed E-state index contributed by atoms with van der Waals surface area (Å²) in [6, 6.07) is 0. The molecule has 0 aliphatic rings. The monoisotopic (exact) mass is 584 g/mol. The summed E-state index contributed by atoms with van der Waals surface area (Å²) in [6.45, 7) is 1.80. The van der Waals surface area contributed by atoms with E-state index >= 15 is 0 Å². The van der Waals surface area contributed by atoms with Crippen LogP contribution in [0.1, 0.15) is 58.3 Å². The van der Waals surface area contributed by atoms with Crippen molar-refractivity contribution in [2.45, 2.75) is 64.4 Å². The van der Waals surface area contributed by atoms with E-state index in [1.54, 1.807) is 12.2 Å². The van der Waals surface area contributed by atoms with Crippen LogP contribution in [0.5, 0.6) is 0 Å². The first-order chi connectivity index (χ1) is 19.1. The average molecular weight is 585 g/mol. The van der Waals surface area contributed by atoms with Gasteiger partial charge in [0.1, 0.15) is 19.8 Å². The molecule has 0 spiro atoms. The Hall–Kier alpha value is -2.10. The molecule has 0 aliphatic carbocycles. The van der Waals surface area contributed by atoms with Crippen LogP contribution >= 0.6 is 7.82 Å². The summed E-state index contributed by atoms with van der Waals surface area (Å²) in [7, 11) is 1.38. The van der Waals surface area contributed by atoms with Gasteiger partial charge >= 0.3 is 13.8 Å². The van der Waals surface area contributed by atoms with E-state index in [1.165, 1.54) is 57.1 Å². The number of likely N-dealkylation sites (N-methyl/N-ethyl adjacent to an activating group) is 1. The maximum absolute atomic E-state index is 12.0. The number of carbonyl (C=O) groups is 1. The second-order valence-electron chi connectivity index (χ2n) is 10.2. The van der Waals surface area contributed by atoms with Crippen molar-refractivity contribution >= 4 is 13.8 Å². The molecule has 0 aromatic heterocycles. The molecule has 0 aromatic carbocycles. The molecule has 9 nitrogen and oxygen atoms in total. The molecule has 1 unspecified atom stereocenters. The van der Waals surface area contributed by atoms with Crippen molar-refractivity contribution in [3.63, 3.8) is 0 Å². The molecule has 2 atom stereocenters. The number of hydrogen-bond donors (Lipinski definition) is 2. The first-order valence-electron chi connectivity index (χ1n) is 14.0. The fourth-order valence-electron chi connectivity index (χ4n) is 3.09. The Kier molecular flexibility index (Phi) is 23.4. The number of phosphoric acid groups is 1. The van der Waals surface area contributed by atoms with Crippen molar-refractivity contribution < 1.29 is 42.7 Å². The molecule has 10 heteroatoms. The maximum Gasteiger partial charge on any atom is 0.472 e. The number of carbonyl (C=O) groups excluding carboxylic acids is 1. The third kappa shape index (κ3) is 27.5. The van der Waals surface area contributed by atoms with Crippen molar-refractivity contribution in [2.24, 2.45) is 0 Å². The standard InChI is InChI=1S/C30H50NO8P/c1-5-6-7-8-9-10-11-12-13-14-15-16-17-18-19-20-21-22-23-24-30(32)39-29(27-36-33)28-38-40(34,35)37-26-25-31(2,3)4/h13-24,29H,5-12,25-28H2,1-4H3,(H-,33,34,35)/p+1/t29-/m1/s1. The zero-order valence-electron chi connectivity index (χ0n) is 24.7. The predicted molar refractivity (Wildman–Crippen MR) is 161 cm³/mol. The molecule has 0 bridgehead atoms. The van der Waals surface area contributed by atoms with Gasteiger partial charge in [0.2, 0.25) is 0 Å². The van der Waals surface area contributed by atoms with Crippen molar-refractivity contribution in [2.75, 3.05) is 47.5 Å². The zero-order chi connectivity index (χ0) is 30.0. The minimum atomic E-state index is -4.35. The van der Waals surface area contributed by atoms with E-state index in [0.717, 1.165) is 6.42 Å². The molecule has 0 fully saturated rings. The molecule has 0 aliphatic heterocycles. The van der Waals surface area contributed by atoms with Gasteiger partial charge < -0.3 is 14.1 Å². The summed E-state index contributed by atoms with van der Waals surface area (Å²) >= 11 is 0. The van der Waals surface area contributed by atoms with Crippen molar-refractivity contribution in [3.05, 3.63) is 72.9 Å². The van der Waals surface area contributed by atoms with E-state index in [9.17, 15) is 14.3 Å². The molecule has 2 N–H and O–H groups in total. The number of allylic oxidation sites excluding steroid dienone is 11. The number of ether oxygens (including phenoxy) is 1. The molecule has 0 heterocycles. The van der Waals surface area contributed by atoms with Crippen LogP contribution in [0.15, 0.2) is 72.9 Å². The molecule has 0 amide bonds. The van der Waals surface area contributed by atoms with E-state index in [4.69, 9.17) is 19.0 Å². The van der Waals surface area contributed by atoms with Gasteiger partial charge in [-0.2, -0.15) is 0 Å². The molecule has 0 saturated heterocycles. The van der Waals surface area contributed by atoms with E-state index in [1.807, 2.05) is 57.6 Å². The third-order valence-corrected chi connectivity index (χ3v) is 6.31. The van der Waals surface area contributed by atoms with Crippen LogP contribution < -0.4 is 0 Å². The summed E-state index contributed by atoms with van der Waals surface area (Å²) in [4.78, 5) is 25.7. The van der Waals surface area contributed by atoms with E-state index < -0.39 is 33.1 Å². The fourth-order valence-corrected chi connectivity index (χ4v) is 3.83. The first kappa shape index (κ1) is 37.9. The SMILES string of the molecule is CCCCCCCCCC=CC=CC=CC=CC=CC=CC(=O)O[C@H](COO)COP(=O)(O)OCC[N+](C)(C)C. The quantitative estimate of drug-likeness (QED) is 0.0188.